The lowest BCUT2D eigenvalue weighted by Crippen LogP contribution is -2.59. The number of esters is 1. The Kier molecular flexibility index (Phi) is 9.01. The van der Waals surface area contributed by atoms with Gasteiger partial charge in [-0.05, 0) is 85.9 Å². The maximum Gasteiger partial charge on any atom is 0.410 e. The molecule has 2 aromatic heterocycles. The van der Waals surface area contributed by atoms with Crippen LogP contribution in [0.25, 0.3) is 11.3 Å². The molecular formula is C42H63N5O10. The fraction of sp³-hybridized carbons (Fsp3) is 0.714. The molecule has 0 bridgehead atoms. The smallest absolute Gasteiger partial charge is 0.410 e. The van der Waals surface area contributed by atoms with E-state index in [1.807, 2.05) is 4.90 Å². The molecule has 3 saturated heterocycles. The van der Waals surface area contributed by atoms with Gasteiger partial charge in [-0.3, -0.25) is 19.4 Å². The third-order valence-corrected chi connectivity index (χ3v) is 11.4. The van der Waals surface area contributed by atoms with Crippen LogP contribution >= 0.6 is 0 Å². The summed E-state index contributed by atoms with van der Waals surface area (Å²) in [6.07, 6.45) is -20.4. The fourth-order valence-electron chi connectivity index (χ4n) is 7.90. The van der Waals surface area contributed by atoms with E-state index in [4.69, 9.17) is 46.7 Å². The molecule has 3 aliphatic heterocycles. The van der Waals surface area contributed by atoms with Gasteiger partial charge in [0.2, 0.25) is 1.43 Å². The lowest BCUT2D eigenvalue weighted by atomic mass is 9.76. The molecule has 1 N–H and O–H groups in total. The summed E-state index contributed by atoms with van der Waals surface area (Å²) < 4.78 is 161. The van der Waals surface area contributed by atoms with E-state index in [9.17, 15) is 21.9 Å². The molecule has 57 heavy (non-hydrogen) atoms. The van der Waals surface area contributed by atoms with Gasteiger partial charge in [-0.25, -0.2) is 9.78 Å². The molecule has 2 aromatic rings. The second-order valence-corrected chi connectivity index (χ2v) is 15.4. The zero-order valence-corrected chi connectivity index (χ0v) is 33.9. The Hall–Kier alpha value is -3.76. The van der Waals surface area contributed by atoms with Gasteiger partial charge in [0, 0.05) is 79.5 Å². The highest BCUT2D eigenvalue weighted by atomic mass is 16.7. The van der Waals surface area contributed by atoms with E-state index in [1.165, 1.54) is 48.7 Å². The molecule has 0 aromatic carbocycles. The van der Waals surface area contributed by atoms with Gasteiger partial charge in [-0.15, -0.1) is 0 Å². The maximum absolute atomic E-state index is 14.7. The number of pyridine rings is 1. The summed E-state index contributed by atoms with van der Waals surface area (Å²) in [7, 11) is 4.86. The Labute approximate surface area is 357 Å². The van der Waals surface area contributed by atoms with Gasteiger partial charge >= 0.3 is 12.1 Å². The van der Waals surface area contributed by atoms with Crippen LogP contribution < -0.4 is 0 Å². The number of cyclic esters (lactones) is 1. The van der Waals surface area contributed by atoms with Gasteiger partial charge in [0.05, 0.1) is 42.7 Å². The van der Waals surface area contributed by atoms with E-state index in [-0.39, 0.29) is 28.4 Å². The molecule has 15 nitrogen and oxygen atoms in total. The molecule has 12 atom stereocenters. The molecule has 3 aliphatic rings. The summed E-state index contributed by atoms with van der Waals surface area (Å²) in [5.41, 5.74) is -5.41. The first-order valence-corrected chi connectivity index (χ1v) is 18.9. The summed E-state index contributed by atoms with van der Waals surface area (Å²) >= 11 is 0. The number of methoxy groups -OCH3 is 1. The highest BCUT2D eigenvalue weighted by Crippen LogP contribution is 2.42. The second-order valence-electron chi connectivity index (χ2n) is 15.4. The van der Waals surface area contributed by atoms with Crippen molar-refractivity contribution in [2.75, 3.05) is 27.7 Å². The normalized spacial score (nSPS) is 40.6. The Morgan fingerprint density at radius 3 is 2.54 bits per heavy atom. The van der Waals surface area contributed by atoms with E-state index in [1.54, 1.807) is 21.0 Å². The molecule has 0 radical (unpaired) electrons. The molecular weight excluding hydrogens is 734 g/mol. The van der Waals surface area contributed by atoms with Gasteiger partial charge in [-0.1, -0.05) is 20.8 Å². The van der Waals surface area contributed by atoms with E-state index in [2.05, 4.69) is 9.97 Å². The minimum atomic E-state index is -4.26. The van der Waals surface area contributed by atoms with Crippen molar-refractivity contribution in [3.8, 4) is 11.3 Å². The zero-order valence-electron chi connectivity index (χ0n) is 48.9. The molecule has 5 rings (SSSR count). The summed E-state index contributed by atoms with van der Waals surface area (Å²) in [5, 5.41) is 5.13. The summed E-state index contributed by atoms with van der Waals surface area (Å²) in [4.78, 5) is 66.9. The first-order valence-electron chi connectivity index (χ1n) is 26.3. The van der Waals surface area contributed by atoms with Crippen molar-refractivity contribution in [3.05, 3.63) is 36.9 Å². The Balaban J connectivity index is 1.62. The van der Waals surface area contributed by atoms with Crippen LogP contribution in [0.2, 0.25) is 0 Å². The maximum atomic E-state index is 14.7. The van der Waals surface area contributed by atoms with Crippen molar-refractivity contribution < 1.29 is 67.2 Å². The number of fused-ring (bicyclic) bond motifs is 1. The number of hydrogen-bond acceptors (Lipinski definition) is 13. The van der Waals surface area contributed by atoms with Crippen molar-refractivity contribution in [2.24, 2.45) is 17.8 Å². The first kappa shape index (κ1) is 27.8. The molecule has 316 valence electrons. The SMILES string of the molecule is [2H]O[C@H]1[C@H](O[C@@H]2[C@@H](C)C(=O)[C@@H](C)C(=O)O[C@H](CC)[C@@]3(C)OC(=O)N(C([2H])([2H])C([2H])([2H])C([2H])([2H])C([2H])([2H])n4c([2H])nc(-c5c([2H])nc([2H])c([2H])c5[2H])c4[2H])C3[C@@H](C)C(=O)CC[C@]2(C)OC)O[C@H](C)C[C@@H]1N(C)C. The molecule has 3 fully saturated rings. The molecule has 0 aliphatic carbocycles. The molecule has 1 unspecified atom stereocenters. The number of carbonyl (C=O) groups is 4. The van der Waals surface area contributed by atoms with Gasteiger partial charge in [0.1, 0.15) is 25.3 Å². The highest BCUT2D eigenvalue weighted by Gasteiger charge is 2.59. The van der Waals surface area contributed by atoms with Crippen LogP contribution in [-0.4, -0.2) is 136 Å². The third kappa shape index (κ3) is 9.43. The van der Waals surface area contributed by atoms with Gasteiger partial charge in [0.15, 0.2) is 17.7 Å². The lowest BCUT2D eigenvalue weighted by molar-refractivity contribution is -0.294. The Bertz CT molecular complexity index is 2420. The number of nitrogens with zero attached hydrogens (tertiary/aromatic N) is 5. The Morgan fingerprint density at radius 1 is 1.12 bits per heavy atom. The van der Waals surface area contributed by atoms with Crippen LogP contribution in [0.4, 0.5) is 4.79 Å². The monoisotopic (exact) mass is 813 g/mol. The predicted octanol–water partition coefficient (Wildman–Crippen LogP) is 4.68. The van der Waals surface area contributed by atoms with Crippen LogP contribution in [0.5, 0.6) is 0 Å². The van der Waals surface area contributed by atoms with Crippen molar-refractivity contribution >= 4 is 23.6 Å². The standard InChI is InChI=1S/C42H63N5O10/c1-11-33-42(7)36(47(40(52)57-42)20-13-12-19-46-23-30(44-24-46)29-15-14-18-43-22-29)26(3)32(48)16-17-41(6,53-10)37(27(4)34(49)28(5)38(51)55-33)56-39-35(50)31(45(8)9)21-25(2)54-39/h14-15,18,22-28,31,33,35-37,39,50H,11-13,16-17,19-21H2,1-10H3/t25-,26+,27+,28-,31+,33-,35-,36?,37-,39+,41+,42-/m1/s1/i12D2,13D2,14D,15D,18D,19D2,20D2,22D,23D,24D,50D. The van der Waals surface area contributed by atoms with Gasteiger partial charge in [0.25, 0.3) is 0 Å². The van der Waals surface area contributed by atoms with Crippen molar-refractivity contribution in [1.82, 2.24) is 24.3 Å². The first-order chi connectivity index (χ1) is 33.0. The number of rotatable bonds is 12. The highest BCUT2D eigenvalue weighted by molar-refractivity contribution is 6.00. The van der Waals surface area contributed by atoms with Crippen LogP contribution in [0.3, 0.4) is 0 Å². The van der Waals surface area contributed by atoms with E-state index in [0.29, 0.717) is 6.42 Å². The number of ether oxygens (including phenoxy) is 5. The van der Waals surface area contributed by atoms with E-state index in [0.717, 1.165) is 0 Å². The number of likely N-dealkylation sites (N-methyl/N-ethyl adjacent to an activating group) is 1. The minimum Gasteiger partial charge on any atom is -0.458 e. The minimum absolute atomic E-state index is 0.0747. The number of amides is 1. The van der Waals surface area contributed by atoms with Crippen molar-refractivity contribution in [3.63, 3.8) is 0 Å². The second kappa shape index (κ2) is 18.4. The number of carbonyl (C=O) groups excluding carboxylic acids is 4. The molecule has 5 heterocycles. The summed E-state index contributed by atoms with van der Waals surface area (Å²) in [6.45, 7) is 1.98. The molecule has 0 spiro atoms. The topological polar surface area (TPSA) is 172 Å². The molecule has 15 heteroatoms. The fourth-order valence-corrected chi connectivity index (χ4v) is 7.90. The number of ketones is 2. The number of hydrogen-bond donors (Lipinski definition) is 1. The van der Waals surface area contributed by atoms with Crippen LogP contribution in [-0.2, 0) is 44.6 Å². The largest absolute Gasteiger partial charge is 0.458 e. The quantitative estimate of drug-likeness (QED) is 0.232. The van der Waals surface area contributed by atoms with Crippen LogP contribution in [0, 0.1) is 17.8 Å². The Morgan fingerprint density at radius 2 is 1.86 bits per heavy atom. The van der Waals surface area contributed by atoms with Crippen LogP contribution in [0.15, 0.2) is 36.9 Å². The average molecular weight is 813 g/mol. The van der Waals surface area contributed by atoms with E-state index < -0.39 is 170 Å². The number of aliphatic hydroxyl groups is 1. The zero-order chi connectivity index (χ0) is 54.9. The lowest BCUT2D eigenvalue weighted by Gasteiger charge is -2.46. The van der Waals surface area contributed by atoms with Crippen LogP contribution in [0.1, 0.15) is 106 Å². The number of aromatic nitrogens is 3. The predicted molar refractivity (Wildman–Crippen MR) is 210 cm³/mol. The summed E-state index contributed by atoms with van der Waals surface area (Å²) in [5.74, 6) is -6.95. The van der Waals surface area contributed by atoms with Crippen molar-refractivity contribution in [2.45, 2.75) is 147 Å². The van der Waals surface area contributed by atoms with Gasteiger partial charge < -0.3 is 43.2 Å². The van der Waals surface area contributed by atoms with E-state index >= 15 is 0 Å². The number of imidazole rings is 1. The molecule has 0 saturated carbocycles. The van der Waals surface area contributed by atoms with Crippen molar-refractivity contribution in [1.29, 1.82) is 1.43 Å². The number of Topliss-reactive ketones (excluding diaryl/α,β-unsaturated/α-hetero) is 2. The van der Waals surface area contributed by atoms with Gasteiger partial charge in [-0.2, -0.15) is 0 Å². The molecule has 1 amide bonds. The average Bonchev–Trinajstić information content (AvgIpc) is 3.76. The summed E-state index contributed by atoms with van der Waals surface area (Å²) in [6, 6.07) is -4.06. The number of aliphatic hydroxyl groups excluding tert-OH is 1. The third-order valence-electron chi connectivity index (χ3n) is 11.4.